The number of amides is 1. The van der Waals surface area contributed by atoms with Crippen molar-refractivity contribution in [2.45, 2.75) is 19.5 Å². The highest BCUT2D eigenvalue weighted by molar-refractivity contribution is 7.13. The molecule has 0 aliphatic carbocycles. The van der Waals surface area contributed by atoms with Crippen molar-refractivity contribution in [3.05, 3.63) is 59.9 Å². The minimum atomic E-state index is -0.336. The molecule has 0 fully saturated rings. The lowest BCUT2D eigenvalue weighted by Crippen LogP contribution is -2.31. The number of thiophene rings is 1. The number of hydrogen-bond acceptors (Lipinski definition) is 4. The van der Waals surface area contributed by atoms with Crippen molar-refractivity contribution >= 4 is 17.2 Å². The molecule has 0 aromatic carbocycles. The van der Waals surface area contributed by atoms with Crippen LogP contribution in [0.3, 0.4) is 0 Å². The quantitative estimate of drug-likeness (QED) is 0.788. The summed E-state index contributed by atoms with van der Waals surface area (Å²) >= 11 is 1.64. The lowest BCUT2D eigenvalue weighted by Gasteiger charge is -2.13. The molecular formula is C16H16N4OS. The van der Waals surface area contributed by atoms with Crippen LogP contribution in [0, 0.1) is 0 Å². The van der Waals surface area contributed by atoms with Crippen LogP contribution in [0.4, 0.5) is 0 Å². The molecule has 0 radical (unpaired) electrons. The number of hydrogen-bond donors (Lipinski definition) is 1. The Balaban J connectivity index is 1.71. The number of nitrogens with zero attached hydrogens (tertiary/aromatic N) is 3. The predicted octanol–water partition coefficient (Wildman–Crippen LogP) is 2.88. The molecule has 6 heteroatoms. The van der Waals surface area contributed by atoms with Gasteiger partial charge >= 0.3 is 0 Å². The molecule has 3 rings (SSSR count). The van der Waals surface area contributed by atoms with Gasteiger partial charge in [0.15, 0.2) is 0 Å². The van der Waals surface area contributed by atoms with Crippen LogP contribution in [-0.2, 0) is 11.3 Å². The molecule has 3 aromatic heterocycles. The average molecular weight is 312 g/mol. The minimum absolute atomic E-state index is 0.0651. The number of pyridine rings is 1. The van der Waals surface area contributed by atoms with E-state index in [1.807, 2.05) is 36.6 Å². The van der Waals surface area contributed by atoms with E-state index in [0.717, 1.165) is 16.1 Å². The van der Waals surface area contributed by atoms with E-state index in [2.05, 4.69) is 15.4 Å². The number of rotatable bonds is 5. The fourth-order valence-corrected chi connectivity index (χ4v) is 2.93. The molecule has 1 amide bonds. The van der Waals surface area contributed by atoms with Gasteiger partial charge in [0.2, 0.25) is 5.91 Å². The van der Waals surface area contributed by atoms with Crippen molar-refractivity contribution in [2.75, 3.05) is 0 Å². The van der Waals surface area contributed by atoms with E-state index in [0.29, 0.717) is 6.54 Å². The van der Waals surface area contributed by atoms with Crippen molar-refractivity contribution in [2.24, 2.45) is 0 Å². The fraction of sp³-hybridized carbons (Fsp3) is 0.188. The topological polar surface area (TPSA) is 59.8 Å². The molecule has 112 valence electrons. The largest absolute Gasteiger partial charge is 0.350 e. The second-order valence-electron chi connectivity index (χ2n) is 4.87. The van der Waals surface area contributed by atoms with E-state index in [9.17, 15) is 4.79 Å². The van der Waals surface area contributed by atoms with E-state index < -0.39 is 0 Å². The Morgan fingerprint density at radius 1 is 1.32 bits per heavy atom. The molecule has 0 bridgehead atoms. The molecule has 5 nitrogen and oxygen atoms in total. The molecule has 3 aromatic rings. The summed E-state index contributed by atoms with van der Waals surface area (Å²) < 4.78 is 1.64. The molecule has 0 aliphatic rings. The van der Waals surface area contributed by atoms with Crippen LogP contribution in [0.25, 0.3) is 10.6 Å². The molecule has 1 N–H and O–H groups in total. The third-order valence-corrected chi connectivity index (χ3v) is 4.28. The van der Waals surface area contributed by atoms with Gasteiger partial charge in [-0.2, -0.15) is 5.10 Å². The van der Waals surface area contributed by atoms with Crippen LogP contribution >= 0.6 is 11.3 Å². The molecule has 0 spiro atoms. The minimum Gasteiger partial charge on any atom is -0.350 e. The summed E-state index contributed by atoms with van der Waals surface area (Å²) in [6, 6.07) is 9.37. The van der Waals surface area contributed by atoms with Gasteiger partial charge in [-0.15, -0.1) is 11.3 Å². The monoisotopic (exact) mass is 312 g/mol. The SMILES string of the molecule is CC(C(=O)NCc1cccnc1-c1cccs1)n1cccn1. The predicted molar refractivity (Wildman–Crippen MR) is 86.3 cm³/mol. The molecule has 1 unspecified atom stereocenters. The second kappa shape index (κ2) is 6.53. The zero-order valence-corrected chi connectivity index (χ0v) is 13.0. The van der Waals surface area contributed by atoms with Crippen molar-refractivity contribution in [3.63, 3.8) is 0 Å². The highest BCUT2D eigenvalue weighted by Gasteiger charge is 2.15. The number of aromatic nitrogens is 3. The van der Waals surface area contributed by atoms with Crippen LogP contribution < -0.4 is 5.32 Å². The van der Waals surface area contributed by atoms with E-state index in [-0.39, 0.29) is 11.9 Å². The maximum absolute atomic E-state index is 12.2. The zero-order valence-electron chi connectivity index (χ0n) is 12.1. The molecule has 0 aliphatic heterocycles. The first-order chi connectivity index (χ1) is 10.8. The Hall–Kier alpha value is -2.47. The van der Waals surface area contributed by atoms with Crippen LogP contribution in [0.1, 0.15) is 18.5 Å². The molecular weight excluding hydrogens is 296 g/mol. The normalized spacial score (nSPS) is 12.0. The summed E-state index contributed by atoms with van der Waals surface area (Å²) in [6.07, 6.45) is 5.22. The summed E-state index contributed by atoms with van der Waals surface area (Å²) in [6.45, 7) is 2.28. The van der Waals surface area contributed by atoms with E-state index >= 15 is 0 Å². The maximum atomic E-state index is 12.2. The van der Waals surface area contributed by atoms with E-state index in [1.165, 1.54) is 0 Å². The Morgan fingerprint density at radius 3 is 2.95 bits per heavy atom. The summed E-state index contributed by atoms with van der Waals surface area (Å²) in [7, 11) is 0. The van der Waals surface area contributed by atoms with Crippen molar-refractivity contribution in [3.8, 4) is 10.6 Å². The average Bonchev–Trinajstić information content (AvgIpc) is 3.25. The lowest BCUT2D eigenvalue weighted by molar-refractivity contribution is -0.124. The van der Waals surface area contributed by atoms with Gasteiger partial charge in [0.25, 0.3) is 0 Å². The van der Waals surface area contributed by atoms with Crippen LogP contribution in [0.5, 0.6) is 0 Å². The third kappa shape index (κ3) is 3.07. The van der Waals surface area contributed by atoms with Crippen molar-refractivity contribution in [1.29, 1.82) is 0 Å². The molecule has 22 heavy (non-hydrogen) atoms. The smallest absolute Gasteiger partial charge is 0.244 e. The maximum Gasteiger partial charge on any atom is 0.244 e. The fourth-order valence-electron chi connectivity index (χ4n) is 2.18. The van der Waals surface area contributed by atoms with Gasteiger partial charge in [0, 0.05) is 25.1 Å². The summed E-state index contributed by atoms with van der Waals surface area (Å²) in [4.78, 5) is 17.8. The van der Waals surface area contributed by atoms with Gasteiger partial charge in [-0.1, -0.05) is 12.1 Å². The number of carbonyl (C=O) groups is 1. The van der Waals surface area contributed by atoms with Crippen LogP contribution in [0.15, 0.2) is 54.3 Å². The molecule has 1 atom stereocenters. The van der Waals surface area contributed by atoms with Gasteiger partial charge in [-0.3, -0.25) is 14.5 Å². The summed E-state index contributed by atoms with van der Waals surface area (Å²) in [5.74, 6) is -0.0651. The molecule has 0 saturated carbocycles. The van der Waals surface area contributed by atoms with Crippen molar-refractivity contribution < 1.29 is 4.79 Å². The van der Waals surface area contributed by atoms with Gasteiger partial charge in [0.05, 0.1) is 10.6 Å². The second-order valence-corrected chi connectivity index (χ2v) is 5.82. The Labute approximate surface area is 132 Å². The highest BCUT2D eigenvalue weighted by atomic mass is 32.1. The first-order valence-electron chi connectivity index (χ1n) is 7.00. The van der Waals surface area contributed by atoms with Gasteiger partial charge in [-0.05, 0) is 36.1 Å². The van der Waals surface area contributed by atoms with E-state index in [1.54, 1.807) is 40.7 Å². The highest BCUT2D eigenvalue weighted by Crippen LogP contribution is 2.25. The Kier molecular flexibility index (Phi) is 4.29. The Morgan fingerprint density at radius 2 is 2.23 bits per heavy atom. The molecule has 3 heterocycles. The lowest BCUT2D eigenvalue weighted by atomic mass is 10.1. The molecule has 0 saturated heterocycles. The zero-order chi connectivity index (χ0) is 15.4. The van der Waals surface area contributed by atoms with E-state index in [4.69, 9.17) is 0 Å². The standard InChI is InChI=1S/C16H16N4OS/c1-12(20-9-4-8-19-20)16(21)18-11-13-5-2-7-17-15(13)14-6-3-10-22-14/h2-10,12H,11H2,1H3,(H,18,21). The van der Waals surface area contributed by atoms with Gasteiger partial charge in [-0.25, -0.2) is 0 Å². The first-order valence-corrected chi connectivity index (χ1v) is 7.88. The number of carbonyl (C=O) groups excluding carboxylic acids is 1. The summed E-state index contributed by atoms with van der Waals surface area (Å²) in [5.41, 5.74) is 1.93. The van der Waals surface area contributed by atoms with Gasteiger partial charge in [0.1, 0.15) is 6.04 Å². The summed E-state index contributed by atoms with van der Waals surface area (Å²) in [5, 5.41) is 9.07. The third-order valence-electron chi connectivity index (χ3n) is 3.40. The van der Waals surface area contributed by atoms with Crippen LogP contribution in [0.2, 0.25) is 0 Å². The Bertz CT molecular complexity index is 737. The van der Waals surface area contributed by atoms with Crippen molar-refractivity contribution in [1.82, 2.24) is 20.1 Å². The first kappa shape index (κ1) is 14.5. The van der Waals surface area contributed by atoms with Crippen LogP contribution in [-0.4, -0.2) is 20.7 Å². The van der Waals surface area contributed by atoms with Gasteiger partial charge < -0.3 is 5.32 Å². The number of nitrogens with one attached hydrogen (secondary N) is 1.